The summed E-state index contributed by atoms with van der Waals surface area (Å²) in [6.07, 6.45) is 0. The second-order valence-corrected chi connectivity index (χ2v) is 17.3. The number of hydrogen-bond donors (Lipinski definition) is 0. The van der Waals surface area contributed by atoms with E-state index in [1.54, 1.807) is 0 Å². The van der Waals surface area contributed by atoms with Crippen LogP contribution in [0.4, 0.5) is 17.1 Å². The summed E-state index contributed by atoms with van der Waals surface area (Å²) in [6, 6.07) is 98.0. The Bertz CT molecular complexity index is 3700. The Hall–Kier alpha value is -8.98. The molecule has 0 radical (unpaired) electrons. The quantitative estimate of drug-likeness (QED) is 0.136. The summed E-state index contributed by atoms with van der Waals surface area (Å²) in [7, 11) is 0. The Balaban J connectivity index is 0.880. The zero-order valence-electron chi connectivity index (χ0n) is 37.3. The van der Waals surface area contributed by atoms with Crippen molar-refractivity contribution in [3.8, 4) is 77.9 Å². The molecule has 0 unspecified atom stereocenters. The molecule has 0 atom stereocenters. The standard InChI is InChI=1S/C66H45NO/c1-3-14-46(15-4-1)51-18-9-20-53(42-51)48-30-36-59(37-31-48)67(60-38-32-49(33-39-60)54-21-11-24-57(44-54)56-23-10-19-52(43-56)47-16-5-2-6-17-47)61-40-34-50(35-41-61)55-22-12-25-58(45-55)62-27-13-28-64-63-26-7-8-29-65(63)68-66(62)64/h1-45H. The third kappa shape index (κ3) is 7.95. The van der Waals surface area contributed by atoms with Crippen molar-refractivity contribution in [1.29, 1.82) is 0 Å². The van der Waals surface area contributed by atoms with E-state index < -0.39 is 0 Å². The monoisotopic (exact) mass is 867 g/mol. The lowest BCUT2D eigenvalue weighted by Gasteiger charge is -2.26. The first kappa shape index (κ1) is 40.5. The van der Waals surface area contributed by atoms with Gasteiger partial charge in [-0.3, -0.25) is 0 Å². The lowest BCUT2D eigenvalue weighted by molar-refractivity contribution is 0.670. The number of rotatable bonds is 10. The van der Waals surface area contributed by atoms with Crippen molar-refractivity contribution in [3.63, 3.8) is 0 Å². The summed E-state index contributed by atoms with van der Waals surface area (Å²) < 4.78 is 6.43. The molecule has 2 heteroatoms. The predicted molar refractivity (Wildman–Crippen MR) is 286 cm³/mol. The highest BCUT2D eigenvalue weighted by Crippen LogP contribution is 2.41. The molecule has 0 aliphatic heterocycles. The van der Waals surface area contributed by atoms with Gasteiger partial charge < -0.3 is 9.32 Å². The highest BCUT2D eigenvalue weighted by molar-refractivity contribution is 6.09. The molecule has 0 spiro atoms. The van der Waals surface area contributed by atoms with Gasteiger partial charge in [-0.2, -0.15) is 0 Å². The summed E-state index contributed by atoms with van der Waals surface area (Å²) in [5.74, 6) is 0. The fourth-order valence-electron chi connectivity index (χ4n) is 9.59. The molecule has 2 nitrogen and oxygen atoms in total. The van der Waals surface area contributed by atoms with Crippen molar-refractivity contribution in [2.75, 3.05) is 4.90 Å². The molecule has 0 aliphatic rings. The summed E-state index contributed by atoms with van der Waals surface area (Å²) in [4.78, 5) is 2.35. The van der Waals surface area contributed by atoms with Gasteiger partial charge in [0.15, 0.2) is 0 Å². The van der Waals surface area contributed by atoms with Crippen LogP contribution in [0.5, 0.6) is 0 Å². The van der Waals surface area contributed by atoms with Gasteiger partial charge in [0.25, 0.3) is 0 Å². The third-order valence-electron chi connectivity index (χ3n) is 13.1. The van der Waals surface area contributed by atoms with Crippen LogP contribution in [0, 0.1) is 0 Å². The highest BCUT2D eigenvalue weighted by atomic mass is 16.3. The number of benzene rings is 11. The number of nitrogens with zero attached hydrogens (tertiary/aromatic N) is 1. The van der Waals surface area contributed by atoms with E-state index in [0.29, 0.717) is 0 Å². The molecule has 12 aromatic rings. The number of para-hydroxylation sites is 2. The van der Waals surface area contributed by atoms with Gasteiger partial charge in [0.05, 0.1) is 0 Å². The highest BCUT2D eigenvalue weighted by Gasteiger charge is 2.16. The SMILES string of the molecule is c1ccc(-c2cccc(-c3ccc(N(c4ccc(-c5cccc(-c6cccc(-c7ccccc7)c6)c5)cc4)c4ccc(-c5cccc(-c6cccc7c6oc6ccccc67)c5)cc4)cc3)c2)cc1. The van der Waals surface area contributed by atoms with Crippen LogP contribution < -0.4 is 4.90 Å². The van der Waals surface area contributed by atoms with Gasteiger partial charge >= 0.3 is 0 Å². The molecule has 12 rings (SSSR count). The normalized spacial score (nSPS) is 11.2. The first-order chi connectivity index (χ1) is 33.7. The minimum absolute atomic E-state index is 0.905. The van der Waals surface area contributed by atoms with Crippen LogP contribution >= 0.6 is 0 Å². The van der Waals surface area contributed by atoms with Gasteiger partial charge in [-0.25, -0.2) is 0 Å². The van der Waals surface area contributed by atoms with Crippen molar-refractivity contribution >= 4 is 39.0 Å². The Morgan fingerprint density at radius 1 is 0.221 bits per heavy atom. The van der Waals surface area contributed by atoms with Crippen molar-refractivity contribution in [2.24, 2.45) is 0 Å². The van der Waals surface area contributed by atoms with Crippen LogP contribution in [-0.2, 0) is 0 Å². The summed E-state index contributed by atoms with van der Waals surface area (Å²) >= 11 is 0. The van der Waals surface area contributed by atoms with Crippen molar-refractivity contribution in [1.82, 2.24) is 0 Å². The lowest BCUT2D eigenvalue weighted by Crippen LogP contribution is -2.09. The molecule has 0 bridgehead atoms. The molecule has 0 amide bonds. The van der Waals surface area contributed by atoms with Gasteiger partial charge in [0.1, 0.15) is 11.2 Å². The third-order valence-corrected chi connectivity index (χ3v) is 13.1. The van der Waals surface area contributed by atoms with E-state index in [1.807, 2.05) is 12.1 Å². The maximum Gasteiger partial charge on any atom is 0.143 e. The van der Waals surface area contributed by atoms with Crippen LogP contribution in [0.3, 0.4) is 0 Å². The van der Waals surface area contributed by atoms with E-state index in [0.717, 1.165) is 66.8 Å². The molecule has 1 aromatic heterocycles. The molecule has 68 heavy (non-hydrogen) atoms. The molecule has 0 fully saturated rings. The largest absolute Gasteiger partial charge is 0.455 e. The minimum Gasteiger partial charge on any atom is -0.455 e. The smallest absolute Gasteiger partial charge is 0.143 e. The van der Waals surface area contributed by atoms with Crippen LogP contribution in [-0.4, -0.2) is 0 Å². The Morgan fingerprint density at radius 2 is 0.529 bits per heavy atom. The molecular weight excluding hydrogens is 823 g/mol. The summed E-state index contributed by atoms with van der Waals surface area (Å²) in [6.45, 7) is 0. The Morgan fingerprint density at radius 3 is 0.971 bits per heavy atom. The number of anilines is 3. The van der Waals surface area contributed by atoms with E-state index in [2.05, 4.69) is 266 Å². The minimum atomic E-state index is 0.905. The molecule has 320 valence electrons. The Labute approximate surface area is 397 Å². The van der Waals surface area contributed by atoms with Crippen molar-refractivity contribution < 1.29 is 4.42 Å². The van der Waals surface area contributed by atoms with Gasteiger partial charge in [0.2, 0.25) is 0 Å². The van der Waals surface area contributed by atoms with Crippen LogP contribution in [0.15, 0.2) is 277 Å². The molecule has 0 saturated heterocycles. The van der Waals surface area contributed by atoms with Crippen LogP contribution in [0.2, 0.25) is 0 Å². The van der Waals surface area contributed by atoms with Gasteiger partial charge in [-0.1, -0.05) is 206 Å². The predicted octanol–water partition coefficient (Wildman–Crippen LogP) is 18.7. The first-order valence-corrected chi connectivity index (χ1v) is 23.2. The van der Waals surface area contributed by atoms with Gasteiger partial charge in [0, 0.05) is 33.4 Å². The number of fused-ring (bicyclic) bond motifs is 3. The average molecular weight is 868 g/mol. The van der Waals surface area contributed by atoms with Crippen LogP contribution in [0.25, 0.3) is 99.8 Å². The topological polar surface area (TPSA) is 16.4 Å². The van der Waals surface area contributed by atoms with E-state index in [-0.39, 0.29) is 0 Å². The second kappa shape index (κ2) is 17.8. The zero-order valence-corrected chi connectivity index (χ0v) is 37.3. The molecule has 0 saturated carbocycles. The van der Waals surface area contributed by atoms with Crippen molar-refractivity contribution in [2.45, 2.75) is 0 Å². The van der Waals surface area contributed by atoms with Crippen LogP contribution in [0.1, 0.15) is 0 Å². The molecule has 0 aliphatic carbocycles. The summed E-state index contributed by atoms with van der Waals surface area (Å²) in [5, 5.41) is 2.27. The molecule has 1 heterocycles. The van der Waals surface area contributed by atoms with Gasteiger partial charge in [-0.15, -0.1) is 0 Å². The second-order valence-electron chi connectivity index (χ2n) is 17.3. The van der Waals surface area contributed by atoms with Crippen molar-refractivity contribution in [3.05, 3.63) is 273 Å². The van der Waals surface area contributed by atoms with Gasteiger partial charge in [-0.05, 0) is 139 Å². The fraction of sp³-hybridized carbons (Fsp3) is 0. The Kier molecular flexibility index (Phi) is 10.6. The first-order valence-electron chi connectivity index (χ1n) is 23.2. The van der Waals surface area contributed by atoms with E-state index in [9.17, 15) is 0 Å². The fourth-order valence-corrected chi connectivity index (χ4v) is 9.59. The maximum atomic E-state index is 6.43. The van der Waals surface area contributed by atoms with E-state index in [4.69, 9.17) is 4.42 Å². The average Bonchev–Trinajstić information content (AvgIpc) is 3.81. The number of hydrogen-bond acceptors (Lipinski definition) is 2. The molecule has 0 N–H and O–H groups in total. The summed E-state index contributed by atoms with van der Waals surface area (Å²) in [5.41, 5.74) is 21.5. The molecule has 11 aromatic carbocycles. The number of furan rings is 1. The lowest BCUT2D eigenvalue weighted by atomic mass is 9.96. The molecular formula is C66H45NO. The van der Waals surface area contributed by atoms with E-state index >= 15 is 0 Å². The maximum absolute atomic E-state index is 6.43. The zero-order chi connectivity index (χ0) is 45.2. The van der Waals surface area contributed by atoms with E-state index in [1.165, 1.54) is 50.1 Å².